The summed E-state index contributed by atoms with van der Waals surface area (Å²) >= 11 is 0. The maximum atomic E-state index is 12.7. The second-order valence-electron chi connectivity index (χ2n) is 4.89. The van der Waals surface area contributed by atoms with E-state index in [1.165, 1.54) is 6.07 Å². The van der Waals surface area contributed by atoms with E-state index >= 15 is 0 Å². The number of guanidine groups is 1. The number of methoxy groups -OCH3 is 1. The molecule has 0 aliphatic heterocycles. The highest BCUT2D eigenvalue weighted by Gasteiger charge is 2.30. The minimum atomic E-state index is -4.34. The molecule has 1 aromatic rings. The standard InChI is InChI=1S/C15H22F3N3O.HI/c1-4-19-14(21-11(2)10-22-3)20-9-12-6-5-7-13(8-12)15(16,17)18;/h5-8,11H,4,9-10H2,1-3H3,(H2,19,20,21);1H. The maximum Gasteiger partial charge on any atom is 0.416 e. The van der Waals surface area contributed by atoms with Crippen molar-refractivity contribution in [3.05, 3.63) is 35.4 Å². The number of nitrogens with one attached hydrogen (secondary N) is 2. The lowest BCUT2D eigenvalue weighted by Crippen LogP contribution is -2.43. The van der Waals surface area contributed by atoms with Gasteiger partial charge in [-0.3, -0.25) is 0 Å². The van der Waals surface area contributed by atoms with E-state index in [9.17, 15) is 13.2 Å². The van der Waals surface area contributed by atoms with Gasteiger partial charge in [-0.25, -0.2) is 4.99 Å². The molecule has 0 bridgehead atoms. The van der Waals surface area contributed by atoms with Crippen molar-refractivity contribution < 1.29 is 17.9 Å². The molecule has 0 saturated heterocycles. The minimum absolute atomic E-state index is 0. The molecule has 132 valence electrons. The summed E-state index contributed by atoms with van der Waals surface area (Å²) in [7, 11) is 1.60. The monoisotopic (exact) mass is 445 g/mol. The summed E-state index contributed by atoms with van der Waals surface area (Å²) < 4.78 is 43.0. The highest BCUT2D eigenvalue weighted by atomic mass is 127. The predicted octanol–water partition coefficient (Wildman–Crippen LogP) is 3.41. The summed E-state index contributed by atoms with van der Waals surface area (Å²) in [4.78, 5) is 4.30. The zero-order valence-corrected chi connectivity index (χ0v) is 15.7. The second-order valence-corrected chi connectivity index (χ2v) is 4.89. The van der Waals surface area contributed by atoms with Gasteiger partial charge in [0.1, 0.15) is 0 Å². The molecule has 1 aromatic carbocycles. The fraction of sp³-hybridized carbons (Fsp3) is 0.533. The molecule has 0 aliphatic carbocycles. The number of hydrogen-bond acceptors (Lipinski definition) is 2. The fourth-order valence-corrected chi connectivity index (χ4v) is 1.86. The van der Waals surface area contributed by atoms with Gasteiger partial charge in [-0.1, -0.05) is 12.1 Å². The van der Waals surface area contributed by atoms with Crippen LogP contribution in [0.1, 0.15) is 25.0 Å². The molecular formula is C15H23F3IN3O. The molecule has 0 fully saturated rings. The van der Waals surface area contributed by atoms with Crippen LogP contribution in [0.5, 0.6) is 0 Å². The van der Waals surface area contributed by atoms with Crippen molar-refractivity contribution in [1.29, 1.82) is 0 Å². The predicted molar refractivity (Wildman–Crippen MR) is 96.1 cm³/mol. The Kier molecular flexibility index (Phi) is 10.2. The lowest BCUT2D eigenvalue weighted by atomic mass is 10.1. The summed E-state index contributed by atoms with van der Waals surface area (Å²) in [5.41, 5.74) is -0.155. The lowest BCUT2D eigenvalue weighted by molar-refractivity contribution is -0.137. The molecule has 0 aromatic heterocycles. The fourth-order valence-electron chi connectivity index (χ4n) is 1.86. The van der Waals surface area contributed by atoms with Crippen LogP contribution in [-0.2, 0) is 17.5 Å². The van der Waals surface area contributed by atoms with Crippen molar-refractivity contribution in [2.75, 3.05) is 20.3 Å². The smallest absolute Gasteiger partial charge is 0.383 e. The normalized spacial score (nSPS) is 13.2. The topological polar surface area (TPSA) is 45.7 Å². The average Bonchev–Trinajstić information content (AvgIpc) is 2.45. The van der Waals surface area contributed by atoms with Crippen LogP contribution in [0.3, 0.4) is 0 Å². The molecule has 0 radical (unpaired) electrons. The van der Waals surface area contributed by atoms with E-state index in [0.29, 0.717) is 24.7 Å². The molecule has 0 amide bonds. The van der Waals surface area contributed by atoms with Crippen LogP contribution in [-0.4, -0.2) is 32.3 Å². The van der Waals surface area contributed by atoms with E-state index in [1.54, 1.807) is 13.2 Å². The third kappa shape index (κ3) is 8.40. The SMILES string of the molecule is CCNC(=NCc1cccc(C(F)(F)F)c1)NC(C)COC.I. The van der Waals surface area contributed by atoms with Crippen molar-refractivity contribution in [2.45, 2.75) is 32.6 Å². The number of alkyl halides is 3. The summed E-state index contributed by atoms with van der Waals surface area (Å²) in [5, 5.41) is 6.17. The van der Waals surface area contributed by atoms with Gasteiger partial charge in [-0.05, 0) is 31.5 Å². The van der Waals surface area contributed by atoms with E-state index in [1.807, 2.05) is 13.8 Å². The highest BCUT2D eigenvalue weighted by Crippen LogP contribution is 2.29. The van der Waals surface area contributed by atoms with Crippen molar-refractivity contribution in [3.8, 4) is 0 Å². The second kappa shape index (κ2) is 10.7. The quantitative estimate of drug-likeness (QED) is 0.401. The summed E-state index contributed by atoms with van der Waals surface area (Å²) in [6.45, 7) is 5.18. The maximum absolute atomic E-state index is 12.7. The van der Waals surface area contributed by atoms with Gasteiger partial charge in [0, 0.05) is 19.7 Å². The van der Waals surface area contributed by atoms with Gasteiger partial charge in [-0.2, -0.15) is 13.2 Å². The van der Waals surface area contributed by atoms with Crippen LogP contribution in [0.2, 0.25) is 0 Å². The largest absolute Gasteiger partial charge is 0.416 e. The Morgan fingerprint density at radius 1 is 1.35 bits per heavy atom. The molecule has 0 spiro atoms. The summed E-state index contributed by atoms with van der Waals surface area (Å²) in [6, 6.07) is 5.23. The van der Waals surface area contributed by atoms with E-state index in [4.69, 9.17) is 4.74 Å². The summed E-state index contributed by atoms with van der Waals surface area (Å²) in [6.07, 6.45) is -4.34. The number of aliphatic imine (C=N–C) groups is 1. The number of hydrogen-bond donors (Lipinski definition) is 2. The van der Waals surface area contributed by atoms with Gasteiger partial charge >= 0.3 is 6.18 Å². The molecule has 0 heterocycles. The molecule has 1 atom stereocenters. The van der Waals surface area contributed by atoms with E-state index in [2.05, 4.69) is 15.6 Å². The minimum Gasteiger partial charge on any atom is -0.383 e. The van der Waals surface area contributed by atoms with Crippen LogP contribution >= 0.6 is 24.0 Å². The Hall–Kier alpha value is -1.03. The molecule has 1 rings (SSSR count). The van der Waals surface area contributed by atoms with E-state index in [-0.39, 0.29) is 36.6 Å². The number of benzene rings is 1. The van der Waals surface area contributed by atoms with Crippen molar-refractivity contribution in [1.82, 2.24) is 10.6 Å². The van der Waals surface area contributed by atoms with Gasteiger partial charge in [0.15, 0.2) is 5.96 Å². The van der Waals surface area contributed by atoms with E-state index in [0.717, 1.165) is 12.1 Å². The Labute approximate surface area is 151 Å². The first-order chi connectivity index (χ1) is 10.4. The van der Waals surface area contributed by atoms with Crippen molar-refractivity contribution in [2.24, 2.45) is 4.99 Å². The Balaban J connectivity index is 0.00000484. The van der Waals surface area contributed by atoms with Gasteiger partial charge in [0.25, 0.3) is 0 Å². The van der Waals surface area contributed by atoms with Crippen molar-refractivity contribution >= 4 is 29.9 Å². The number of halogens is 4. The van der Waals surface area contributed by atoms with Gasteiger partial charge < -0.3 is 15.4 Å². The van der Waals surface area contributed by atoms with Gasteiger partial charge in [0.2, 0.25) is 0 Å². The summed E-state index contributed by atoms with van der Waals surface area (Å²) in [5.74, 6) is 0.546. The first-order valence-electron chi connectivity index (χ1n) is 7.06. The zero-order valence-electron chi connectivity index (χ0n) is 13.4. The first kappa shape index (κ1) is 22.0. The van der Waals surface area contributed by atoms with Crippen molar-refractivity contribution in [3.63, 3.8) is 0 Å². The molecule has 4 nitrogen and oxygen atoms in total. The van der Waals surface area contributed by atoms with Gasteiger partial charge in [-0.15, -0.1) is 24.0 Å². The first-order valence-corrected chi connectivity index (χ1v) is 7.06. The number of nitrogens with zero attached hydrogens (tertiary/aromatic N) is 1. The molecule has 1 unspecified atom stereocenters. The molecule has 8 heteroatoms. The average molecular weight is 445 g/mol. The lowest BCUT2D eigenvalue weighted by Gasteiger charge is -2.17. The Morgan fingerprint density at radius 3 is 2.61 bits per heavy atom. The molecule has 2 N–H and O–H groups in total. The number of rotatable bonds is 6. The molecular weight excluding hydrogens is 422 g/mol. The molecule has 23 heavy (non-hydrogen) atoms. The van der Waals surface area contributed by atoms with Crippen LogP contribution in [0.4, 0.5) is 13.2 Å². The molecule has 0 aliphatic rings. The zero-order chi connectivity index (χ0) is 16.6. The highest BCUT2D eigenvalue weighted by molar-refractivity contribution is 14.0. The van der Waals surface area contributed by atoms with Gasteiger partial charge in [0.05, 0.1) is 18.7 Å². The van der Waals surface area contributed by atoms with Crippen LogP contribution in [0, 0.1) is 0 Å². The van der Waals surface area contributed by atoms with Crippen LogP contribution in [0.15, 0.2) is 29.3 Å². The third-order valence-corrected chi connectivity index (χ3v) is 2.82. The van der Waals surface area contributed by atoms with E-state index < -0.39 is 11.7 Å². The third-order valence-electron chi connectivity index (χ3n) is 2.82. The Morgan fingerprint density at radius 2 is 2.04 bits per heavy atom. The number of ether oxygens (including phenoxy) is 1. The molecule has 0 saturated carbocycles. The van der Waals surface area contributed by atoms with Crippen LogP contribution < -0.4 is 10.6 Å². The Bertz CT molecular complexity index is 495. The van der Waals surface area contributed by atoms with Crippen LogP contribution in [0.25, 0.3) is 0 Å².